The van der Waals surface area contributed by atoms with Gasteiger partial charge in [0.2, 0.25) is 0 Å². The SMILES string of the molecule is Cc1oc(C)c(C(Cl)c2cnn(-c3ccccc3)c2)c1C. The first-order valence-corrected chi connectivity index (χ1v) is 7.32. The Morgan fingerprint density at radius 2 is 1.81 bits per heavy atom. The molecule has 3 rings (SSSR count). The van der Waals surface area contributed by atoms with Crippen LogP contribution in [-0.2, 0) is 0 Å². The first kappa shape index (κ1) is 14.0. The number of furan rings is 1. The van der Waals surface area contributed by atoms with E-state index in [1.54, 1.807) is 0 Å². The number of alkyl halides is 1. The van der Waals surface area contributed by atoms with Crippen molar-refractivity contribution in [2.45, 2.75) is 26.1 Å². The number of hydrogen-bond acceptors (Lipinski definition) is 2. The molecular formula is C17H17ClN2O. The lowest BCUT2D eigenvalue weighted by Crippen LogP contribution is -1.96. The van der Waals surface area contributed by atoms with Gasteiger partial charge in [0.1, 0.15) is 11.5 Å². The van der Waals surface area contributed by atoms with E-state index in [2.05, 4.69) is 5.10 Å². The zero-order valence-electron chi connectivity index (χ0n) is 12.3. The van der Waals surface area contributed by atoms with Crippen molar-refractivity contribution >= 4 is 11.6 Å². The first-order valence-electron chi connectivity index (χ1n) is 6.88. The van der Waals surface area contributed by atoms with Crippen LogP contribution >= 0.6 is 11.6 Å². The summed E-state index contributed by atoms with van der Waals surface area (Å²) in [4.78, 5) is 0. The largest absolute Gasteiger partial charge is 0.466 e. The Morgan fingerprint density at radius 1 is 1.10 bits per heavy atom. The molecule has 2 aromatic heterocycles. The number of halogens is 1. The van der Waals surface area contributed by atoms with E-state index < -0.39 is 0 Å². The third-order valence-electron chi connectivity index (χ3n) is 3.79. The second-order valence-corrected chi connectivity index (χ2v) is 5.61. The molecule has 0 aliphatic carbocycles. The van der Waals surface area contributed by atoms with Crippen molar-refractivity contribution in [1.29, 1.82) is 0 Å². The summed E-state index contributed by atoms with van der Waals surface area (Å²) in [6.45, 7) is 5.95. The summed E-state index contributed by atoms with van der Waals surface area (Å²) in [6.07, 6.45) is 3.78. The fourth-order valence-electron chi connectivity index (χ4n) is 2.54. The van der Waals surface area contributed by atoms with Gasteiger partial charge in [-0.25, -0.2) is 4.68 Å². The number of rotatable bonds is 3. The van der Waals surface area contributed by atoms with Crippen molar-refractivity contribution in [3.05, 3.63) is 70.9 Å². The van der Waals surface area contributed by atoms with E-state index in [1.165, 1.54) is 0 Å². The van der Waals surface area contributed by atoms with Crippen molar-refractivity contribution in [3.8, 4) is 5.69 Å². The van der Waals surface area contributed by atoms with Crippen LogP contribution in [0.4, 0.5) is 0 Å². The predicted octanol–water partition coefficient (Wildman–Crippen LogP) is 4.72. The Hall–Kier alpha value is -2.00. The average Bonchev–Trinajstić information content (AvgIpc) is 3.06. The van der Waals surface area contributed by atoms with Gasteiger partial charge in [-0.3, -0.25) is 0 Å². The van der Waals surface area contributed by atoms with Gasteiger partial charge in [0, 0.05) is 17.3 Å². The highest BCUT2D eigenvalue weighted by atomic mass is 35.5. The smallest absolute Gasteiger partial charge is 0.106 e. The topological polar surface area (TPSA) is 31.0 Å². The van der Waals surface area contributed by atoms with E-state index >= 15 is 0 Å². The van der Waals surface area contributed by atoms with Gasteiger partial charge >= 0.3 is 0 Å². The molecule has 0 radical (unpaired) electrons. The molecule has 0 bridgehead atoms. The maximum absolute atomic E-state index is 6.64. The predicted molar refractivity (Wildman–Crippen MR) is 84.2 cm³/mol. The molecule has 3 aromatic rings. The molecule has 0 aliphatic heterocycles. The maximum atomic E-state index is 6.64. The maximum Gasteiger partial charge on any atom is 0.106 e. The lowest BCUT2D eigenvalue weighted by Gasteiger charge is -2.07. The molecule has 0 spiro atoms. The zero-order chi connectivity index (χ0) is 15.0. The highest BCUT2D eigenvalue weighted by Crippen LogP contribution is 2.35. The van der Waals surface area contributed by atoms with Crippen molar-refractivity contribution in [1.82, 2.24) is 9.78 Å². The van der Waals surface area contributed by atoms with E-state index in [0.717, 1.165) is 33.9 Å². The molecule has 21 heavy (non-hydrogen) atoms. The monoisotopic (exact) mass is 300 g/mol. The number of benzene rings is 1. The Morgan fingerprint density at radius 3 is 2.43 bits per heavy atom. The molecule has 0 aliphatic rings. The van der Waals surface area contributed by atoms with Gasteiger partial charge in [-0.05, 0) is 38.5 Å². The number of para-hydroxylation sites is 1. The quantitative estimate of drug-likeness (QED) is 0.655. The molecule has 0 saturated carbocycles. The van der Waals surface area contributed by atoms with Crippen LogP contribution in [0.5, 0.6) is 0 Å². The highest BCUT2D eigenvalue weighted by molar-refractivity contribution is 6.22. The van der Waals surface area contributed by atoms with Crippen molar-refractivity contribution in [2.75, 3.05) is 0 Å². The Bertz CT molecular complexity index is 758. The summed E-state index contributed by atoms with van der Waals surface area (Å²) < 4.78 is 7.50. The van der Waals surface area contributed by atoms with Gasteiger partial charge in [0.15, 0.2) is 0 Å². The first-order chi connectivity index (χ1) is 10.1. The van der Waals surface area contributed by atoms with Crippen LogP contribution in [0.15, 0.2) is 47.1 Å². The Kier molecular flexibility index (Phi) is 3.60. The number of aromatic nitrogens is 2. The number of hydrogen-bond donors (Lipinski definition) is 0. The minimum absolute atomic E-state index is 0.250. The molecule has 3 nitrogen and oxygen atoms in total. The van der Waals surface area contributed by atoms with Crippen LogP contribution in [0, 0.1) is 20.8 Å². The van der Waals surface area contributed by atoms with Crippen molar-refractivity contribution in [3.63, 3.8) is 0 Å². The normalized spacial score (nSPS) is 12.6. The van der Waals surface area contributed by atoms with E-state index in [0.29, 0.717) is 0 Å². The van der Waals surface area contributed by atoms with Crippen LogP contribution in [-0.4, -0.2) is 9.78 Å². The number of nitrogens with zero attached hydrogens (tertiary/aromatic N) is 2. The summed E-state index contributed by atoms with van der Waals surface area (Å²) in [7, 11) is 0. The van der Waals surface area contributed by atoms with Crippen molar-refractivity contribution < 1.29 is 4.42 Å². The second-order valence-electron chi connectivity index (χ2n) is 5.17. The minimum Gasteiger partial charge on any atom is -0.466 e. The molecule has 2 heterocycles. The van der Waals surface area contributed by atoms with E-state index in [1.807, 2.05) is 68.2 Å². The molecule has 4 heteroatoms. The van der Waals surface area contributed by atoms with Gasteiger partial charge < -0.3 is 4.42 Å². The summed E-state index contributed by atoms with van der Waals surface area (Å²) in [5.41, 5.74) is 4.14. The van der Waals surface area contributed by atoms with E-state index in [4.69, 9.17) is 16.0 Å². The minimum atomic E-state index is -0.250. The van der Waals surface area contributed by atoms with Gasteiger partial charge in [-0.15, -0.1) is 11.6 Å². The molecule has 1 atom stereocenters. The van der Waals surface area contributed by atoms with Crippen LogP contribution in [0.1, 0.15) is 33.6 Å². The Balaban J connectivity index is 1.96. The third-order valence-corrected chi connectivity index (χ3v) is 4.26. The molecule has 0 amide bonds. The lowest BCUT2D eigenvalue weighted by atomic mass is 10.0. The molecule has 0 saturated heterocycles. The fourth-order valence-corrected chi connectivity index (χ4v) is 2.97. The van der Waals surface area contributed by atoms with Gasteiger partial charge in [0.05, 0.1) is 17.3 Å². The Labute approximate surface area is 129 Å². The van der Waals surface area contributed by atoms with Gasteiger partial charge in [-0.1, -0.05) is 18.2 Å². The van der Waals surface area contributed by atoms with E-state index in [-0.39, 0.29) is 5.38 Å². The summed E-state index contributed by atoms with van der Waals surface area (Å²) in [5, 5.41) is 4.15. The molecule has 108 valence electrons. The summed E-state index contributed by atoms with van der Waals surface area (Å²) in [5.74, 6) is 1.79. The van der Waals surface area contributed by atoms with Crippen LogP contribution in [0.25, 0.3) is 5.69 Å². The second kappa shape index (κ2) is 5.41. The van der Waals surface area contributed by atoms with Crippen molar-refractivity contribution in [2.24, 2.45) is 0 Å². The molecule has 1 aromatic carbocycles. The standard InChI is InChI=1S/C17H17ClN2O/c1-11-12(2)21-13(3)16(11)17(18)14-9-19-20(10-14)15-7-5-4-6-8-15/h4-10,17H,1-3H3. The molecule has 1 unspecified atom stereocenters. The van der Waals surface area contributed by atoms with E-state index in [9.17, 15) is 0 Å². The average molecular weight is 301 g/mol. The van der Waals surface area contributed by atoms with Gasteiger partial charge in [-0.2, -0.15) is 5.10 Å². The molecule has 0 fully saturated rings. The fraction of sp³-hybridized carbons (Fsp3) is 0.235. The van der Waals surface area contributed by atoms with Crippen LogP contribution < -0.4 is 0 Å². The highest BCUT2D eigenvalue weighted by Gasteiger charge is 2.22. The van der Waals surface area contributed by atoms with Crippen LogP contribution in [0.3, 0.4) is 0 Å². The lowest BCUT2D eigenvalue weighted by molar-refractivity contribution is 0.500. The summed E-state index contributed by atoms with van der Waals surface area (Å²) in [6, 6.07) is 9.99. The molecular weight excluding hydrogens is 284 g/mol. The van der Waals surface area contributed by atoms with Crippen LogP contribution in [0.2, 0.25) is 0 Å². The zero-order valence-corrected chi connectivity index (χ0v) is 13.1. The summed E-state index contributed by atoms with van der Waals surface area (Å²) >= 11 is 6.64. The van der Waals surface area contributed by atoms with Gasteiger partial charge in [0.25, 0.3) is 0 Å². The number of aryl methyl sites for hydroxylation is 2. The molecule has 0 N–H and O–H groups in total. The third kappa shape index (κ3) is 2.49.